The average molecular weight is 411 g/mol. The van der Waals surface area contributed by atoms with Crippen molar-refractivity contribution in [3.8, 4) is 23.0 Å². The predicted octanol–water partition coefficient (Wildman–Crippen LogP) is 6.98. The van der Waals surface area contributed by atoms with Crippen molar-refractivity contribution in [3.63, 3.8) is 0 Å². The van der Waals surface area contributed by atoms with Crippen molar-refractivity contribution in [1.82, 2.24) is 0 Å². The molecule has 0 unspecified atom stereocenters. The first-order chi connectivity index (χ1) is 15.1. The molecule has 0 aliphatic carbocycles. The van der Waals surface area contributed by atoms with Crippen LogP contribution in [-0.2, 0) is 0 Å². The van der Waals surface area contributed by atoms with Gasteiger partial charge in [0, 0.05) is 29.4 Å². The van der Waals surface area contributed by atoms with Gasteiger partial charge in [-0.2, -0.15) is 0 Å². The van der Waals surface area contributed by atoms with Crippen molar-refractivity contribution in [2.75, 3.05) is 11.5 Å². The van der Waals surface area contributed by atoms with Crippen molar-refractivity contribution in [3.05, 3.63) is 108 Å². The van der Waals surface area contributed by atoms with Crippen LogP contribution < -0.4 is 20.9 Å². The molecule has 4 aromatic rings. The molecule has 4 aromatic carbocycles. The van der Waals surface area contributed by atoms with E-state index in [1.807, 2.05) is 72.8 Å². The van der Waals surface area contributed by atoms with Crippen molar-refractivity contribution >= 4 is 11.4 Å². The zero-order valence-electron chi connectivity index (χ0n) is 17.5. The van der Waals surface area contributed by atoms with E-state index in [4.69, 9.17) is 20.9 Å². The lowest BCUT2D eigenvalue weighted by Gasteiger charge is -2.18. The molecule has 0 bridgehead atoms. The Bertz CT molecular complexity index is 1080. The summed E-state index contributed by atoms with van der Waals surface area (Å²) in [7, 11) is 0. The number of nitrogens with two attached hydrogens (primary N) is 2. The molecular weight excluding hydrogens is 384 g/mol. The number of hydrogen-bond acceptors (Lipinski definition) is 4. The molecule has 31 heavy (non-hydrogen) atoms. The topological polar surface area (TPSA) is 70.5 Å². The second-order valence-corrected chi connectivity index (χ2v) is 7.45. The first kappa shape index (κ1) is 20.4. The van der Waals surface area contributed by atoms with E-state index in [1.54, 1.807) is 0 Å². The Morgan fingerprint density at radius 2 is 0.968 bits per heavy atom. The summed E-state index contributed by atoms with van der Waals surface area (Å²) < 4.78 is 12.1. The van der Waals surface area contributed by atoms with Crippen molar-refractivity contribution in [1.29, 1.82) is 0 Å². The molecule has 156 valence electrons. The van der Waals surface area contributed by atoms with Gasteiger partial charge in [0.15, 0.2) is 0 Å². The molecule has 4 rings (SSSR count). The predicted molar refractivity (Wildman–Crippen MR) is 127 cm³/mol. The number of rotatable bonds is 7. The molecule has 0 fully saturated rings. The Morgan fingerprint density at radius 1 is 0.581 bits per heavy atom. The molecule has 4 heteroatoms. The van der Waals surface area contributed by atoms with E-state index in [0.29, 0.717) is 11.4 Å². The van der Waals surface area contributed by atoms with Crippen LogP contribution in [0.1, 0.15) is 30.4 Å². The van der Waals surface area contributed by atoms with E-state index < -0.39 is 0 Å². The standard InChI is InChI=1S/C27H26N2O2/c1-2-27(19-7-3-11-23(15-19)30-25-13-5-9-21(28)17-25)20-8-4-12-24(16-20)31-26-14-6-10-22(29)18-26/h3-18,27H,2,28-29H2,1H3. The molecule has 0 atom stereocenters. The van der Waals surface area contributed by atoms with E-state index in [-0.39, 0.29) is 5.92 Å². The minimum absolute atomic E-state index is 0.216. The number of benzene rings is 4. The van der Waals surface area contributed by atoms with Gasteiger partial charge in [-0.3, -0.25) is 0 Å². The first-order valence-corrected chi connectivity index (χ1v) is 10.4. The summed E-state index contributed by atoms with van der Waals surface area (Å²) in [6, 6.07) is 31.3. The molecule has 0 aliphatic rings. The van der Waals surface area contributed by atoms with Gasteiger partial charge in [0.05, 0.1) is 0 Å². The summed E-state index contributed by atoms with van der Waals surface area (Å²) in [5, 5.41) is 0. The summed E-state index contributed by atoms with van der Waals surface area (Å²) in [6.07, 6.45) is 0.948. The summed E-state index contributed by atoms with van der Waals surface area (Å²) in [5.74, 6) is 3.24. The maximum Gasteiger partial charge on any atom is 0.129 e. The molecule has 0 heterocycles. The van der Waals surface area contributed by atoms with Crippen LogP contribution in [0.15, 0.2) is 97.1 Å². The monoisotopic (exact) mass is 410 g/mol. The average Bonchev–Trinajstić information content (AvgIpc) is 2.75. The van der Waals surface area contributed by atoms with Gasteiger partial charge in [0.2, 0.25) is 0 Å². The van der Waals surface area contributed by atoms with Gasteiger partial charge in [0.1, 0.15) is 23.0 Å². The molecule has 0 spiro atoms. The Balaban J connectivity index is 1.57. The Morgan fingerprint density at radius 3 is 1.35 bits per heavy atom. The van der Waals surface area contributed by atoms with Crippen molar-refractivity contribution < 1.29 is 9.47 Å². The van der Waals surface area contributed by atoms with Crippen LogP contribution in [0.2, 0.25) is 0 Å². The fraction of sp³-hybridized carbons (Fsp3) is 0.111. The lowest BCUT2D eigenvalue weighted by molar-refractivity contribution is 0.480. The fourth-order valence-electron chi connectivity index (χ4n) is 3.68. The van der Waals surface area contributed by atoms with E-state index >= 15 is 0 Å². The van der Waals surface area contributed by atoms with Gasteiger partial charge in [-0.25, -0.2) is 0 Å². The summed E-state index contributed by atoms with van der Waals surface area (Å²) in [6.45, 7) is 2.18. The van der Waals surface area contributed by atoms with Crippen LogP contribution >= 0.6 is 0 Å². The van der Waals surface area contributed by atoms with Gasteiger partial charge in [-0.05, 0) is 66.1 Å². The van der Waals surface area contributed by atoms with Crippen LogP contribution in [0.3, 0.4) is 0 Å². The van der Waals surface area contributed by atoms with Crippen LogP contribution in [0.5, 0.6) is 23.0 Å². The number of hydrogen-bond donors (Lipinski definition) is 2. The third-order valence-corrected chi connectivity index (χ3v) is 5.12. The molecule has 4 nitrogen and oxygen atoms in total. The highest BCUT2D eigenvalue weighted by molar-refractivity contribution is 5.48. The van der Waals surface area contributed by atoms with Gasteiger partial charge in [0.25, 0.3) is 0 Å². The van der Waals surface area contributed by atoms with Crippen molar-refractivity contribution in [2.24, 2.45) is 0 Å². The minimum Gasteiger partial charge on any atom is -0.457 e. The Kier molecular flexibility index (Phi) is 6.08. The van der Waals surface area contributed by atoms with E-state index in [1.165, 1.54) is 11.1 Å². The summed E-state index contributed by atoms with van der Waals surface area (Å²) in [4.78, 5) is 0. The summed E-state index contributed by atoms with van der Waals surface area (Å²) in [5.41, 5.74) is 15.5. The second kappa shape index (κ2) is 9.26. The second-order valence-electron chi connectivity index (χ2n) is 7.45. The van der Waals surface area contributed by atoms with Gasteiger partial charge < -0.3 is 20.9 Å². The highest BCUT2D eigenvalue weighted by Crippen LogP contribution is 2.34. The normalized spacial score (nSPS) is 10.8. The Labute approximate surface area is 183 Å². The molecule has 0 radical (unpaired) electrons. The Hall–Kier alpha value is -3.92. The van der Waals surface area contributed by atoms with E-state index in [2.05, 4.69) is 31.2 Å². The third-order valence-electron chi connectivity index (χ3n) is 5.12. The highest BCUT2D eigenvalue weighted by Gasteiger charge is 2.14. The number of nitrogen functional groups attached to an aromatic ring is 2. The maximum atomic E-state index is 6.03. The molecule has 0 saturated carbocycles. The van der Waals surface area contributed by atoms with E-state index in [9.17, 15) is 0 Å². The molecule has 0 saturated heterocycles. The maximum absolute atomic E-state index is 6.03. The lowest BCUT2D eigenvalue weighted by Crippen LogP contribution is -2.00. The first-order valence-electron chi connectivity index (χ1n) is 10.4. The quantitative estimate of drug-likeness (QED) is 0.323. The number of ether oxygens (including phenoxy) is 2. The van der Waals surface area contributed by atoms with Crippen LogP contribution in [0, 0.1) is 0 Å². The summed E-state index contributed by atoms with van der Waals surface area (Å²) >= 11 is 0. The number of anilines is 2. The van der Waals surface area contributed by atoms with E-state index in [0.717, 1.165) is 29.4 Å². The molecule has 4 N–H and O–H groups in total. The van der Waals surface area contributed by atoms with Crippen LogP contribution in [0.25, 0.3) is 0 Å². The molecular formula is C27H26N2O2. The molecule has 0 aromatic heterocycles. The zero-order valence-corrected chi connectivity index (χ0v) is 17.5. The third kappa shape index (κ3) is 5.17. The molecule has 0 aliphatic heterocycles. The minimum atomic E-state index is 0.216. The van der Waals surface area contributed by atoms with Gasteiger partial charge in [-0.15, -0.1) is 0 Å². The lowest BCUT2D eigenvalue weighted by atomic mass is 9.89. The molecule has 0 amide bonds. The smallest absolute Gasteiger partial charge is 0.129 e. The largest absolute Gasteiger partial charge is 0.457 e. The highest BCUT2D eigenvalue weighted by atomic mass is 16.5. The van der Waals surface area contributed by atoms with Gasteiger partial charge in [-0.1, -0.05) is 43.3 Å². The SMILES string of the molecule is CCC(c1cccc(Oc2cccc(N)c2)c1)c1cccc(Oc2cccc(N)c2)c1. The van der Waals surface area contributed by atoms with Gasteiger partial charge >= 0.3 is 0 Å². The fourth-order valence-corrected chi connectivity index (χ4v) is 3.68. The van der Waals surface area contributed by atoms with Crippen molar-refractivity contribution in [2.45, 2.75) is 19.3 Å². The van der Waals surface area contributed by atoms with Crippen LogP contribution in [0.4, 0.5) is 11.4 Å². The zero-order chi connectivity index (χ0) is 21.6. The van der Waals surface area contributed by atoms with Crippen LogP contribution in [-0.4, -0.2) is 0 Å².